The molecule has 0 fully saturated rings. The topological polar surface area (TPSA) is 38.1 Å². The normalized spacial score (nSPS) is 13.0. The van der Waals surface area contributed by atoms with E-state index in [1.807, 2.05) is 45.9 Å². The Morgan fingerprint density at radius 3 is 2.58 bits per heavy atom. The minimum atomic E-state index is -0.753. The lowest BCUT2D eigenvalue weighted by atomic mass is 9.98. The van der Waals surface area contributed by atoms with E-state index in [0.29, 0.717) is 10.7 Å². The predicted molar refractivity (Wildman–Crippen MR) is 77.6 cm³/mol. The van der Waals surface area contributed by atoms with Crippen molar-refractivity contribution in [1.82, 2.24) is 9.78 Å². The average molecular weight is 279 g/mol. The first-order chi connectivity index (χ1) is 8.91. The summed E-state index contributed by atoms with van der Waals surface area (Å²) in [6.45, 7) is 8.03. The quantitative estimate of drug-likeness (QED) is 0.927. The summed E-state index contributed by atoms with van der Waals surface area (Å²) in [5, 5.41) is 15.4. The molecule has 1 aromatic carbocycles. The van der Waals surface area contributed by atoms with Crippen LogP contribution < -0.4 is 0 Å². The van der Waals surface area contributed by atoms with E-state index in [-0.39, 0.29) is 6.04 Å². The van der Waals surface area contributed by atoms with Gasteiger partial charge in [-0.25, -0.2) is 0 Å². The molecule has 102 valence electrons. The number of aromatic nitrogens is 2. The number of aliphatic hydroxyl groups is 1. The van der Waals surface area contributed by atoms with Gasteiger partial charge in [0.2, 0.25) is 0 Å². The van der Waals surface area contributed by atoms with Crippen LogP contribution in [0.3, 0.4) is 0 Å². The van der Waals surface area contributed by atoms with Crippen molar-refractivity contribution in [3.8, 4) is 0 Å². The van der Waals surface area contributed by atoms with Gasteiger partial charge in [0.1, 0.15) is 6.10 Å². The SMILES string of the molecule is Cc1ccc(C)c(C(O)c2c(Cl)cnn2C(C)C)c1. The Hall–Kier alpha value is -1.32. The van der Waals surface area contributed by atoms with Gasteiger partial charge in [-0.2, -0.15) is 5.10 Å². The van der Waals surface area contributed by atoms with Crippen LogP contribution in [0.5, 0.6) is 0 Å². The van der Waals surface area contributed by atoms with Gasteiger partial charge in [0.15, 0.2) is 0 Å². The lowest BCUT2D eigenvalue weighted by Gasteiger charge is -2.19. The largest absolute Gasteiger partial charge is 0.382 e. The van der Waals surface area contributed by atoms with E-state index in [9.17, 15) is 5.11 Å². The average Bonchev–Trinajstić information content (AvgIpc) is 2.73. The summed E-state index contributed by atoms with van der Waals surface area (Å²) in [6, 6.07) is 6.20. The second-order valence-corrected chi connectivity index (χ2v) is 5.59. The smallest absolute Gasteiger partial charge is 0.122 e. The Balaban J connectivity index is 2.52. The monoisotopic (exact) mass is 278 g/mol. The molecule has 0 radical (unpaired) electrons. The molecular weight excluding hydrogens is 260 g/mol. The lowest BCUT2D eigenvalue weighted by molar-refractivity contribution is 0.204. The number of halogens is 1. The van der Waals surface area contributed by atoms with Crippen molar-refractivity contribution in [3.05, 3.63) is 51.8 Å². The molecule has 1 atom stereocenters. The first-order valence-corrected chi connectivity index (χ1v) is 6.77. The molecule has 0 aliphatic rings. The molecule has 0 aliphatic carbocycles. The van der Waals surface area contributed by atoms with Crippen molar-refractivity contribution in [1.29, 1.82) is 0 Å². The van der Waals surface area contributed by atoms with Gasteiger partial charge in [0.05, 0.1) is 16.9 Å². The standard InChI is InChI=1S/C15H19ClN2O/c1-9(2)18-14(13(16)8-17-18)15(19)12-7-10(3)5-6-11(12)4/h5-9,15,19H,1-4H3. The lowest BCUT2D eigenvalue weighted by Crippen LogP contribution is -2.13. The van der Waals surface area contributed by atoms with E-state index in [4.69, 9.17) is 11.6 Å². The molecule has 0 saturated heterocycles. The Kier molecular flexibility index (Phi) is 3.97. The van der Waals surface area contributed by atoms with Gasteiger partial charge < -0.3 is 5.11 Å². The molecule has 2 aromatic rings. The number of aliphatic hydroxyl groups excluding tert-OH is 1. The molecule has 3 nitrogen and oxygen atoms in total. The molecule has 0 bridgehead atoms. The van der Waals surface area contributed by atoms with Crippen molar-refractivity contribution in [2.45, 2.75) is 39.8 Å². The minimum absolute atomic E-state index is 0.155. The fourth-order valence-electron chi connectivity index (χ4n) is 2.22. The van der Waals surface area contributed by atoms with Gasteiger partial charge in [0, 0.05) is 6.04 Å². The highest BCUT2D eigenvalue weighted by molar-refractivity contribution is 6.31. The number of hydrogen-bond donors (Lipinski definition) is 1. The first kappa shape index (κ1) is 14.1. The molecule has 0 spiro atoms. The second-order valence-electron chi connectivity index (χ2n) is 5.18. The molecule has 1 heterocycles. The zero-order valence-electron chi connectivity index (χ0n) is 11.7. The van der Waals surface area contributed by atoms with Crippen LogP contribution in [-0.2, 0) is 0 Å². The van der Waals surface area contributed by atoms with Crippen LogP contribution in [0, 0.1) is 13.8 Å². The maximum Gasteiger partial charge on any atom is 0.122 e. The maximum atomic E-state index is 10.7. The van der Waals surface area contributed by atoms with Gasteiger partial charge in [0.25, 0.3) is 0 Å². The molecule has 4 heteroatoms. The van der Waals surface area contributed by atoms with E-state index >= 15 is 0 Å². The van der Waals surface area contributed by atoms with Gasteiger partial charge in [-0.15, -0.1) is 0 Å². The summed E-state index contributed by atoms with van der Waals surface area (Å²) in [6.07, 6.45) is 0.836. The van der Waals surface area contributed by atoms with Crippen LogP contribution in [-0.4, -0.2) is 14.9 Å². The van der Waals surface area contributed by atoms with E-state index in [0.717, 1.165) is 16.7 Å². The number of rotatable bonds is 3. The fourth-order valence-corrected chi connectivity index (χ4v) is 2.45. The Bertz CT molecular complexity index is 590. The number of benzene rings is 1. The van der Waals surface area contributed by atoms with Gasteiger partial charge in [-0.3, -0.25) is 4.68 Å². The van der Waals surface area contributed by atoms with Crippen LogP contribution in [0.2, 0.25) is 5.02 Å². The molecule has 2 rings (SSSR count). The summed E-state index contributed by atoms with van der Waals surface area (Å²) in [7, 11) is 0. The van der Waals surface area contributed by atoms with Crippen LogP contribution >= 0.6 is 11.6 Å². The van der Waals surface area contributed by atoms with Crippen LogP contribution in [0.25, 0.3) is 0 Å². The van der Waals surface area contributed by atoms with Gasteiger partial charge >= 0.3 is 0 Å². The third kappa shape index (κ3) is 2.67. The Labute approximate surface area is 118 Å². The minimum Gasteiger partial charge on any atom is -0.382 e. The molecular formula is C15H19ClN2O. The number of aryl methyl sites for hydroxylation is 2. The maximum absolute atomic E-state index is 10.7. The fraction of sp³-hybridized carbons (Fsp3) is 0.400. The van der Waals surface area contributed by atoms with Crippen LogP contribution in [0.15, 0.2) is 24.4 Å². The Morgan fingerprint density at radius 1 is 1.26 bits per heavy atom. The number of nitrogens with zero attached hydrogens (tertiary/aromatic N) is 2. The highest BCUT2D eigenvalue weighted by Gasteiger charge is 2.22. The number of hydrogen-bond acceptors (Lipinski definition) is 2. The van der Waals surface area contributed by atoms with E-state index in [1.165, 1.54) is 0 Å². The highest BCUT2D eigenvalue weighted by atomic mass is 35.5. The van der Waals surface area contributed by atoms with Crippen molar-refractivity contribution >= 4 is 11.6 Å². The van der Waals surface area contributed by atoms with Crippen molar-refractivity contribution in [2.24, 2.45) is 0 Å². The summed E-state index contributed by atoms with van der Waals surface area (Å²) >= 11 is 6.18. The second kappa shape index (κ2) is 5.35. The summed E-state index contributed by atoms with van der Waals surface area (Å²) in [4.78, 5) is 0. The molecule has 0 amide bonds. The molecule has 0 aliphatic heterocycles. The van der Waals surface area contributed by atoms with Gasteiger partial charge in [-0.05, 0) is 38.8 Å². The van der Waals surface area contributed by atoms with Crippen LogP contribution in [0.4, 0.5) is 0 Å². The molecule has 0 saturated carbocycles. The molecule has 1 unspecified atom stereocenters. The molecule has 1 aromatic heterocycles. The van der Waals surface area contributed by atoms with E-state index < -0.39 is 6.10 Å². The molecule has 1 N–H and O–H groups in total. The molecule has 19 heavy (non-hydrogen) atoms. The van der Waals surface area contributed by atoms with E-state index in [2.05, 4.69) is 5.10 Å². The third-order valence-corrected chi connectivity index (χ3v) is 3.56. The van der Waals surface area contributed by atoms with Crippen LogP contribution in [0.1, 0.15) is 48.4 Å². The van der Waals surface area contributed by atoms with Crippen molar-refractivity contribution in [3.63, 3.8) is 0 Å². The summed E-state index contributed by atoms with van der Waals surface area (Å²) < 4.78 is 1.77. The predicted octanol–water partition coefficient (Wildman–Crippen LogP) is 3.82. The first-order valence-electron chi connectivity index (χ1n) is 6.40. The highest BCUT2D eigenvalue weighted by Crippen LogP contribution is 2.31. The summed E-state index contributed by atoms with van der Waals surface area (Å²) in [5.41, 5.74) is 3.70. The van der Waals surface area contributed by atoms with Gasteiger partial charge in [-0.1, -0.05) is 35.4 Å². The van der Waals surface area contributed by atoms with Crippen molar-refractivity contribution in [2.75, 3.05) is 0 Å². The third-order valence-electron chi connectivity index (χ3n) is 3.26. The zero-order valence-corrected chi connectivity index (χ0v) is 12.4. The summed E-state index contributed by atoms with van der Waals surface area (Å²) in [5.74, 6) is 0. The zero-order chi connectivity index (χ0) is 14.2. The van der Waals surface area contributed by atoms with E-state index in [1.54, 1.807) is 10.9 Å². The Morgan fingerprint density at radius 2 is 1.95 bits per heavy atom. The van der Waals surface area contributed by atoms with Crippen molar-refractivity contribution < 1.29 is 5.11 Å².